The van der Waals surface area contributed by atoms with Crippen LogP contribution < -0.4 is 0 Å². The van der Waals surface area contributed by atoms with Gasteiger partial charge in [-0.05, 0) is 6.42 Å². The van der Waals surface area contributed by atoms with Crippen molar-refractivity contribution in [3.05, 3.63) is 0 Å². The van der Waals surface area contributed by atoms with Crippen LogP contribution in [0, 0.1) is 0 Å². The first-order chi connectivity index (χ1) is 7.31. The van der Waals surface area contributed by atoms with E-state index < -0.39 is 0 Å². The molecule has 0 aromatic heterocycles. The van der Waals surface area contributed by atoms with Gasteiger partial charge in [0.15, 0.2) is 0 Å². The fraction of sp³-hybridized carbons (Fsp3) is 0.900. The van der Waals surface area contributed by atoms with Crippen LogP contribution in [0.1, 0.15) is 19.8 Å². The Bertz CT molecular complexity index is 152. The second-order valence-electron chi connectivity index (χ2n) is 2.88. The van der Waals surface area contributed by atoms with Gasteiger partial charge in [-0.25, -0.2) is 0 Å². The summed E-state index contributed by atoms with van der Waals surface area (Å²) in [4.78, 5) is 10.9. The van der Waals surface area contributed by atoms with Gasteiger partial charge in [0.25, 0.3) is 0 Å². The molecular weight excluding hydrogens is 311 g/mol. The van der Waals surface area contributed by atoms with Gasteiger partial charge in [-0.2, -0.15) is 0 Å². The lowest BCUT2D eigenvalue weighted by molar-refractivity contribution is -0.145. The molecule has 0 aromatic rings. The highest BCUT2D eigenvalue weighted by Crippen LogP contribution is 1.91. The monoisotopic (exact) mass is 330 g/mol. The summed E-state index contributed by atoms with van der Waals surface area (Å²) in [7, 11) is 0. The first-order valence-electron chi connectivity index (χ1n) is 5.18. The van der Waals surface area contributed by atoms with Gasteiger partial charge >= 0.3 is 5.97 Å². The number of hydrogen-bond donors (Lipinski definition) is 0. The van der Waals surface area contributed by atoms with Crippen molar-refractivity contribution in [1.29, 1.82) is 0 Å². The van der Waals surface area contributed by atoms with Crippen molar-refractivity contribution >= 4 is 28.6 Å². The van der Waals surface area contributed by atoms with Crippen molar-refractivity contribution in [3.8, 4) is 0 Å². The molecule has 4 nitrogen and oxygen atoms in total. The lowest BCUT2D eigenvalue weighted by Gasteiger charge is -2.05. The molecule has 0 saturated heterocycles. The predicted octanol–water partition coefficient (Wildman–Crippen LogP) is 1.80. The van der Waals surface area contributed by atoms with Gasteiger partial charge in [0, 0.05) is 10.8 Å². The van der Waals surface area contributed by atoms with Crippen LogP contribution in [0.2, 0.25) is 0 Å². The van der Waals surface area contributed by atoms with Crippen LogP contribution >= 0.6 is 22.6 Å². The smallest absolute Gasteiger partial charge is 0.305 e. The molecule has 0 bridgehead atoms. The number of halogens is 1. The van der Waals surface area contributed by atoms with Crippen LogP contribution in [0.4, 0.5) is 0 Å². The maximum Gasteiger partial charge on any atom is 0.305 e. The summed E-state index contributed by atoms with van der Waals surface area (Å²) in [6.45, 7) is 4.65. The van der Waals surface area contributed by atoms with Crippen LogP contribution in [0.15, 0.2) is 0 Å². The van der Waals surface area contributed by atoms with E-state index in [1.54, 1.807) is 0 Å². The average Bonchev–Trinajstić information content (AvgIpc) is 2.22. The summed E-state index contributed by atoms with van der Waals surface area (Å²) in [6.07, 6.45) is 1.31. The summed E-state index contributed by atoms with van der Waals surface area (Å²) in [5, 5.41) is 0. The molecule has 0 heterocycles. The topological polar surface area (TPSA) is 44.8 Å². The van der Waals surface area contributed by atoms with Crippen LogP contribution in [0.25, 0.3) is 0 Å². The minimum atomic E-state index is -0.151. The first kappa shape index (κ1) is 15.1. The second-order valence-corrected chi connectivity index (χ2v) is 3.96. The third kappa shape index (κ3) is 12.0. The lowest BCUT2D eigenvalue weighted by atomic mass is 10.3. The van der Waals surface area contributed by atoms with Gasteiger partial charge in [-0.3, -0.25) is 4.79 Å². The van der Waals surface area contributed by atoms with Crippen LogP contribution in [0.5, 0.6) is 0 Å². The first-order valence-corrected chi connectivity index (χ1v) is 6.71. The maximum absolute atomic E-state index is 10.9. The predicted molar refractivity (Wildman–Crippen MR) is 66.4 cm³/mol. The largest absolute Gasteiger partial charge is 0.463 e. The van der Waals surface area contributed by atoms with E-state index in [9.17, 15) is 4.79 Å². The number of carbonyl (C=O) groups excluding carboxylic acids is 1. The van der Waals surface area contributed by atoms with E-state index in [4.69, 9.17) is 14.2 Å². The Labute approximate surface area is 105 Å². The Morgan fingerprint density at radius 2 is 1.67 bits per heavy atom. The fourth-order valence-electron chi connectivity index (χ4n) is 0.867. The molecule has 0 radical (unpaired) electrons. The number of hydrogen-bond acceptors (Lipinski definition) is 4. The normalized spacial score (nSPS) is 10.3. The van der Waals surface area contributed by atoms with Gasteiger partial charge in [-0.15, -0.1) is 0 Å². The third-order valence-electron chi connectivity index (χ3n) is 1.54. The number of esters is 1. The van der Waals surface area contributed by atoms with Gasteiger partial charge in [-0.1, -0.05) is 29.5 Å². The second kappa shape index (κ2) is 12.2. The highest BCUT2D eigenvalue weighted by atomic mass is 127. The number of alkyl halides is 1. The van der Waals surface area contributed by atoms with E-state index in [1.807, 2.05) is 6.92 Å². The molecule has 0 rings (SSSR count). The molecule has 90 valence electrons. The standard InChI is InChI=1S/C10H19IO4/c1-2-3-10(12)15-9-8-14-7-6-13-5-4-11/h2-9H2,1H3. The summed E-state index contributed by atoms with van der Waals surface area (Å²) in [5.41, 5.74) is 0. The zero-order chi connectivity index (χ0) is 11.4. The Morgan fingerprint density at radius 1 is 1.07 bits per heavy atom. The Kier molecular flexibility index (Phi) is 12.3. The molecule has 5 heteroatoms. The molecule has 0 atom stereocenters. The molecule has 0 aliphatic carbocycles. The molecule has 0 unspecified atom stereocenters. The summed E-state index contributed by atoms with van der Waals surface area (Å²) >= 11 is 2.25. The minimum Gasteiger partial charge on any atom is -0.463 e. The molecule has 0 saturated carbocycles. The molecule has 0 spiro atoms. The Hall–Kier alpha value is 0.120. The van der Waals surface area contributed by atoms with E-state index >= 15 is 0 Å². The Balaban J connectivity index is 3.01. The van der Waals surface area contributed by atoms with Crippen molar-refractivity contribution < 1.29 is 19.0 Å². The average molecular weight is 330 g/mol. The quantitative estimate of drug-likeness (QED) is 0.265. The van der Waals surface area contributed by atoms with Gasteiger partial charge in [0.1, 0.15) is 6.61 Å². The van der Waals surface area contributed by atoms with Gasteiger partial charge in [0.2, 0.25) is 0 Å². The van der Waals surface area contributed by atoms with Gasteiger partial charge in [0.05, 0.1) is 26.4 Å². The summed E-state index contributed by atoms with van der Waals surface area (Å²) in [6, 6.07) is 0. The van der Waals surface area contributed by atoms with Crippen LogP contribution in [-0.2, 0) is 19.0 Å². The van der Waals surface area contributed by atoms with E-state index in [-0.39, 0.29) is 5.97 Å². The SMILES string of the molecule is CCCC(=O)OCCOCCOCCI. The zero-order valence-corrected chi connectivity index (χ0v) is 11.3. The molecule has 0 aliphatic rings. The molecule has 0 amide bonds. The zero-order valence-electron chi connectivity index (χ0n) is 9.17. The summed E-state index contributed by atoms with van der Waals surface area (Å²) in [5.74, 6) is -0.151. The molecular formula is C10H19IO4. The highest BCUT2D eigenvalue weighted by Gasteiger charge is 1.99. The summed E-state index contributed by atoms with van der Waals surface area (Å²) < 4.78 is 16.3. The highest BCUT2D eigenvalue weighted by molar-refractivity contribution is 14.1. The molecule has 0 fully saturated rings. The Morgan fingerprint density at radius 3 is 2.27 bits per heavy atom. The van der Waals surface area contributed by atoms with Crippen LogP contribution in [0.3, 0.4) is 0 Å². The van der Waals surface area contributed by atoms with E-state index in [0.29, 0.717) is 32.8 Å². The minimum absolute atomic E-state index is 0.151. The molecule has 15 heavy (non-hydrogen) atoms. The van der Waals surface area contributed by atoms with Gasteiger partial charge < -0.3 is 14.2 Å². The maximum atomic E-state index is 10.9. The van der Waals surface area contributed by atoms with Crippen molar-refractivity contribution in [2.75, 3.05) is 37.5 Å². The van der Waals surface area contributed by atoms with E-state index in [2.05, 4.69) is 22.6 Å². The number of rotatable bonds is 10. The van der Waals surface area contributed by atoms with E-state index in [0.717, 1.165) is 17.5 Å². The van der Waals surface area contributed by atoms with Crippen LogP contribution in [-0.4, -0.2) is 43.4 Å². The molecule has 0 N–H and O–H groups in total. The fourth-order valence-corrected chi connectivity index (χ4v) is 1.18. The number of ether oxygens (including phenoxy) is 3. The lowest BCUT2D eigenvalue weighted by Crippen LogP contribution is -2.12. The van der Waals surface area contributed by atoms with Crippen molar-refractivity contribution in [2.24, 2.45) is 0 Å². The van der Waals surface area contributed by atoms with Crippen molar-refractivity contribution in [3.63, 3.8) is 0 Å². The number of carbonyl (C=O) groups is 1. The third-order valence-corrected chi connectivity index (χ3v) is 1.98. The van der Waals surface area contributed by atoms with Crippen molar-refractivity contribution in [2.45, 2.75) is 19.8 Å². The molecule has 0 aromatic carbocycles. The molecule has 0 aliphatic heterocycles. The van der Waals surface area contributed by atoms with E-state index in [1.165, 1.54) is 0 Å². The van der Waals surface area contributed by atoms with Crippen molar-refractivity contribution in [1.82, 2.24) is 0 Å².